The van der Waals surface area contributed by atoms with Gasteiger partial charge >= 0.3 is 0 Å². The van der Waals surface area contributed by atoms with Gasteiger partial charge in [0.2, 0.25) is 5.91 Å². The smallest absolute Gasteiger partial charge is 0.245 e. The summed E-state index contributed by atoms with van der Waals surface area (Å²) in [6.07, 6.45) is 3.80. The summed E-state index contributed by atoms with van der Waals surface area (Å²) in [5.41, 5.74) is 1.74. The van der Waals surface area contributed by atoms with Gasteiger partial charge in [-0.3, -0.25) is 4.79 Å². The van der Waals surface area contributed by atoms with Crippen LogP contribution in [0.5, 0.6) is 0 Å². The minimum atomic E-state index is -3.51. The molecule has 0 radical (unpaired) electrons. The molecule has 0 spiro atoms. The number of piperidine rings is 1. The third-order valence-electron chi connectivity index (χ3n) is 5.13. The SMILES string of the molecule is CC(C)Cn1ccc2cc(NC(=O)C3(S(C)(=O)=O)CCNCC3)ccc21.Cl.Cl. The summed E-state index contributed by atoms with van der Waals surface area (Å²) < 4.78 is 25.6. The van der Waals surface area contributed by atoms with Crippen LogP contribution in [0.3, 0.4) is 0 Å². The van der Waals surface area contributed by atoms with Crippen LogP contribution in [-0.4, -0.2) is 43.0 Å². The molecule has 0 saturated carbocycles. The van der Waals surface area contributed by atoms with Crippen molar-refractivity contribution in [2.45, 2.75) is 38.0 Å². The lowest BCUT2D eigenvalue weighted by molar-refractivity contribution is -0.119. The summed E-state index contributed by atoms with van der Waals surface area (Å²) in [5.74, 6) is 0.113. The molecular weight excluding hydrogens is 421 g/mol. The highest BCUT2D eigenvalue weighted by Gasteiger charge is 2.48. The van der Waals surface area contributed by atoms with E-state index in [1.54, 1.807) is 0 Å². The first-order valence-electron chi connectivity index (χ1n) is 9.04. The summed E-state index contributed by atoms with van der Waals surface area (Å²) in [6, 6.07) is 7.74. The van der Waals surface area contributed by atoms with E-state index in [-0.39, 0.29) is 24.8 Å². The molecule has 1 aromatic carbocycles. The zero-order chi connectivity index (χ0) is 18.9. The van der Waals surface area contributed by atoms with E-state index in [4.69, 9.17) is 0 Å². The van der Waals surface area contributed by atoms with Gasteiger partial charge in [0.1, 0.15) is 0 Å². The Morgan fingerprint density at radius 3 is 2.43 bits per heavy atom. The van der Waals surface area contributed by atoms with E-state index in [9.17, 15) is 13.2 Å². The molecule has 2 aromatic rings. The van der Waals surface area contributed by atoms with Gasteiger partial charge in [-0.15, -0.1) is 24.8 Å². The largest absolute Gasteiger partial charge is 0.347 e. The monoisotopic (exact) mass is 449 g/mol. The van der Waals surface area contributed by atoms with Gasteiger partial charge in [-0.05, 0) is 56.1 Å². The van der Waals surface area contributed by atoms with Crippen molar-refractivity contribution < 1.29 is 13.2 Å². The number of halogens is 2. The van der Waals surface area contributed by atoms with Gasteiger partial charge in [0.25, 0.3) is 0 Å². The number of sulfone groups is 1. The standard InChI is InChI=1S/C19H27N3O3S.2ClH/c1-14(2)13-22-11-6-15-12-16(4-5-17(15)22)21-18(23)19(26(3,24)25)7-9-20-10-8-19;;/h4-6,11-12,14,20H,7-10,13H2,1-3H3,(H,21,23);2*1H. The number of rotatable bonds is 5. The Morgan fingerprint density at radius 2 is 1.86 bits per heavy atom. The molecule has 2 N–H and O–H groups in total. The fourth-order valence-corrected chi connectivity index (χ4v) is 5.01. The first-order chi connectivity index (χ1) is 12.2. The van der Waals surface area contributed by atoms with E-state index in [0.717, 1.165) is 23.7 Å². The van der Waals surface area contributed by atoms with E-state index in [2.05, 4.69) is 29.0 Å². The molecule has 9 heteroatoms. The number of benzene rings is 1. The van der Waals surface area contributed by atoms with Crippen LogP contribution in [0.2, 0.25) is 0 Å². The van der Waals surface area contributed by atoms with Crippen molar-refractivity contribution in [2.24, 2.45) is 5.92 Å². The predicted octanol–water partition coefficient (Wildman–Crippen LogP) is 3.25. The Morgan fingerprint density at radius 1 is 1.21 bits per heavy atom. The Bertz CT molecular complexity index is 920. The molecule has 1 aliphatic heterocycles. The van der Waals surface area contributed by atoms with Gasteiger partial charge in [-0.2, -0.15) is 0 Å². The average Bonchev–Trinajstić information content (AvgIpc) is 2.96. The van der Waals surface area contributed by atoms with Crippen LogP contribution in [-0.2, 0) is 21.2 Å². The van der Waals surface area contributed by atoms with Crippen LogP contribution >= 0.6 is 24.8 Å². The van der Waals surface area contributed by atoms with E-state index < -0.39 is 20.5 Å². The van der Waals surface area contributed by atoms with Crippen LogP contribution in [0.1, 0.15) is 26.7 Å². The molecule has 1 saturated heterocycles. The highest BCUT2D eigenvalue weighted by atomic mass is 35.5. The van der Waals surface area contributed by atoms with Gasteiger partial charge in [-0.1, -0.05) is 13.8 Å². The second kappa shape index (κ2) is 9.48. The summed E-state index contributed by atoms with van der Waals surface area (Å²) in [5, 5.41) is 7.00. The highest BCUT2D eigenvalue weighted by Crippen LogP contribution is 2.30. The van der Waals surface area contributed by atoms with Gasteiger partial charge in [-0.25, -0.2) is 8.42 Å². The van der Waals surface area contributed by atoms with Crippen molar-refractivity contribution in [3.8, 4) is 0 Å². The van der Waals surface area contributed by atoms with Gasteiger partial charge < -0.3 is 15.2 Å². The fourth-order valence-electron chi connectivity index (χ4n) is 3.67. The minimum absolute atomic E-state index is 0. The second-order valence-corrected chi connectivity index (χ2v) is 9.93. The molecule has 1 fully saturated rings. The Kier molecular flexibility index (Phi) is 8.38. The zero-order valence-corrected chi connectivity index (χ0v) is 18.8. The normalized spacial score (nSPS) is 16.3. The van der Waals surface area contributed by atoms with E-state index >= 15 is 0 Å². The molecule has 3 rings (SSSR count). The molecule has 1 aromatic heterocycles. The summed E-state index contributed by atoms with van der Waals surface area (Å²) in [7, 11) is -3.51. The number of amides is 1. The lowest BCUT2D eigenvalue weighted by Crippen LogP contribution is -2.55. The number of hydrogen-bond acceptors (Lipinski definition) is 4. The van der Waals surface area contributed by atoms with Crippen LogP contribution in [0, 0.1) is 5.92 Å². The molecule has 1 aliphatic rings. The van der Waals surface area contributed by atoms with Crippen LogP contribution < -0.4 is 10.6 Å². The minimum Gasteiger partial charge on any atom is -0.347 e. The molecular formula is C19H29Cl2N3O3S. The Balaban J connectivity index is 0.00000196. The maximum atomic E-state index is 12.9. The summed E-state index contributed by atoms with van der Waals surface area (Å²) in [6.45, 7) is 6.32. The molecule has 6 nitrogen and oxygen atoms in total. The molecule has 0 unspecified atom stereocenters. The Labute approximate surface area is 179 Å². The third-order valence-corrected chi connectivity index (χ3v) is 7.14. The number of fused-ring (bicyclic) bond motifs is 1. The van der Waals surface area contributed by atoms with E-state index in [1.165, 1.54) is 0 Å². The van der Waals surface area contributed by atoms with Crippen molar-refractivity contribution in [3.63, 3.8) is 0 Å². The van der Waals surface area contributed by atoms with Crippen molar-refractivity contribution in [1.29, 1.82) is 0 Å². The number of carbonyl (C=O) groups excluding carboxylic acids is 1. The average molecular weight is 450 g/mol. The van der Waals surface area contributed by atoms with Crippen molar-refractivity contribution in [1.82, 2.24) is 9.88 Å². The first-order valence-corrected chi connectivity index (χ1v) is 10.9. The maximum Gasteiger partial charge on any atom is 0.245 e. The number of carbonyl (C=O) groups is 1. The van der Waals surface area contributed by atoms with Gasteiger partial charge in [0.05, 0.1) is 0 Å². The number of hydrogen-bond donors (Lipinski definition) is 2. The molecule has 28 heavy (non-hydrogen) atoms. The lowest BCUT2D eigenvalue weighted by Gasteiger charge is -2.34. The lowest BCUT2D eigenvalue weighted by atomic mass is 9.95. The first kappa shape index (κ1) is 24.8. The molecule has 1 amide bonds. The van der Waals surface area contributed by atoms with E-state index in [0.29, 0.717) is 37.5 Å². The van der Waals surface area contributed by atoms with Gasteiger partial charge in [0.15, 0.2) is 14.6 Å². The molecule has 0 bridgehead atoms. The predicted molar refractivity (Wildman–Crippen MR) is 120 cm³/mol. The third kappa shape index (κ3) is 4.82. The van der Waals surface area contributed by atoms with E-state index in [1.807, 2.05) is 30.5 Å². The Hall–Kier alpha value is -1.28. The maximum absolute atomic E-state index is 12.9. The number of nitrogens with zero attached hydrogens (tertiary/aromatic N) is 1. The van der Waals surface area contributed by atoms with Crippen molar-refractivity contribution in [2.75, 3.05) is 24.7 Å². The summed E-state index contributed by atoms with van der Waals surface area (Å²) >= 11 is 0. The zero-order valence-electron chi connectivity index (χ0n) is 16.4. The molecule has 2 heterocycles. The molecule has 0 atom stereocenters. The second-order valence-electron chi connectivity index (χ2n) is 7.61. The molecule has 0 aliphatic carbocycles. The number of anilines is 1. The molecule has 158 valence electrons. The quantitative estimate of drug-likeness (QED) is 0.733. The fraction of sp³-hybridized carbons (Fsp3) is 0.526. The van der Waals surface area contributed by atoms with Crippen LogP contribution in [0.25, 0.3) is 10.9 Å². The van der Waals surface area contributed by atoms with Crippen molar-refractivity contribution in [3.05, 3.63) is 30.5 Å². The van der Waals surface area contributed by atoms with Gasteiger partial charge in [0, 0.05) is 35.6 Å². The highest BCUT2D eigenvalue weighted by molar-refractivity contribution is 7.92. The number of aromatic nitrogens is 1. The van der Waals surface area contributed by atoms with Crippen molar-refractivity contribution >= 4 is 57.1 Å². The van der Waals surface area contributed by atoms with Crippen LogP contribution in [0.4, 0.5) is 5.69 Å². The summed E-state index contributed by atoms with van der Waals surface area (Å²) in [4.78, 5) is 12.9. The number of nitrogens with one attached hydrogen (secondary N) is 2. The van der Waals surface area contributed by atoms with Crippen LogP contribution in [0.15, 0.2) is 30.5 Å². The topological polar surface area (TPSA) is 80.2 Å².